The highest BCUT2D eigenvalue weighted by Crippen LogP contribution is 2.29. The van der Waals surface area contributed by atoms with E-state index in [1.165, 1.54) is 21.4 Å². The summed E-state index contributed by atoms with van der Waals surface area (Å²) in [5, 5.41) is 8.48. The molecular formula is C10H13N5O4S. The van der Waals surface area contributed by atoms with Gasteiger partial charge >= 0.3 is 6.03 Å². The van der Waals surface area contributed by atoms with Gasteiger partial charge in [0.2, 0.25) is 10.0 Å². The van der Waals surface area contributed by atoms with Crippen LogP contribution in [-0.2, 0) is 21.9 Å². The topological polar surface area (TPSA) is 113 Å². The molecule has 1 aromatic rings. The summed E-state index contributed by atoms with van der Waals surface area (Å²) in [7, 11) is -2.08. The molecular weight excluding hydrogens is 286 g/mol. The van der Waals surface area contributed by atoms with Gasteiger partial charge in [-0.25, -0.2) is 13.2 Å². The van der Waals surface area contributed by atoms with Crippen LogP contribution in [-0.4, -0.2) is 53.1 Å². The van der Waals surface area contributed by atoms with E-state index >= 15 is 0 Å². The standard InChI is InChI=1S/C10H13N5O4S/c1-14-5-7(4-11-14)20(18,19)15-3-2-10(6-15)8(16)12-9(17)13-10/h4-5H,2-3,6H2,1H3,(H2,12,13,16,17). The lowest BCUT2D eigenvalue weighted by Gasteiger charge is -2.20. The molecule has 108 valence electrons. The van der Waals surface area contributed by atoms with Crippen LogP contribution in [0.1, 0.15) is 6.42 Å². The zero-order valence-corrected chi connectivity index (χ0v) is 11.5. The molecule has 10 heteroatoms. The second kappa shape index (κ2) is 4.03. The van der Waals surface area contributed by atoms with E-state index in [1.807, 2.05) is 0 Å². The van der Waals surface area contributed by atoms with Gasteiger partial charge in [0.15, 0.2) is 0 Å². The number of rotatable bonds is 2. The first kappa shape index (κ1) is 13.1. The predicted octanol–water partition coefficient (Wildman–Crippen LogP) is -1.61. The average molecular weight is 299 g/mol. The first-order chi connectivity index (χ1) is 9.33. The summed E-state index contributed by atoms with van der Waals surface area (Å²) in [6.07, 6.45) is 2.91. The third-order valence-corrected chi connectivity index (χ3v) is 5.37. The van der Waals surface area contributed by atoms with Crippen molar-refractivity contribution < 1.29 is 18.0 Å². The zero-order chi connectivity index (χ0) is 14.5. The van der Waals surface area contributed by atoms with Crippen molar-refractivity contribution in [2.24, 2.45) is 7.05 Å². The van der Waals surface area contributed by atoms with Crippen LogP contribution in [0.15, 0.2) is 17.3 Å². The van der Waals surface area contributed by atoms with Crippen LogP contribution in [0, 0.1) is 0 Å². The fourth-order valence-electron chi connectivity index (χ4n) is 2.48. The molecule has 2 aliphatic rings. The molecule has 1 spiro atoms. The molecule has 3 heterocycles. The lowest BCUT2D eigenvalue weighted by Crippen LogP contribution is -2.49. The highest BCUT2D eigenvalue weighted by Gasteiger charge is 2.53. The molecule has 0 aromatic carbocycles. The van der Waals surface area contributed by atoms with E-state index in [0.717, 1.165) is 0 Å². The van der Waals surface area contributed by atoms with Gasteiger partial charge in [0.1, 0.15) is 10.4 Å². The van der Waals surface area contributed by atoms with Crippen LogP contribution in [0.2, 0.25) is 0 Å². The summed E-state index contributed by atoms with van der Waals surface area (Å²) in [6, 6.07) is -0.587. The predicted molar refractivity (Wildman–Crippen MR) is 66.0 cm³/mol. The minimum absolute atomic E-state index is 0.0677. The third kappa shape index (κ3) is 1.79. The molecule has 1 unspecified atom stereocenters. The summed E-state index contributed by atoms with van der Waals surface area (Å²) < 4.78 is 27.4. The number of nitrogens with zero attached hydrogens (tertiary/aromatic N) is 3. The zero-order valence-electron chi connectivity index (χ0n) is 10.7. The molecule has 0 aliphatic carbocycles. The second-order valence-corrected chi connectivity index (χ2v) is 6.87. The largest absolute Gasteiger partial charge is 0.322 e. The minimum Gasteiger partial charge on any atom is -0.322 e. The number of aryl methyl sites for hydroxylation is 1. The van der Waals surface area contributed by atoms with Gasteiger partial charge in [0.25, 0.3) is 5.91 Å². The SMILES string of the molecule is Cn1cc(S(=O)(=O)N2CCC3(C2)NC(=O)NC3=O)cn1. The van der Waals surface area contributed by atoms with E-state index in [2.05, 4.69) is 15.7 Å². The fourth-order valence-corrected chi connectivity index (χ4v) is 3.96. The van der Waals surface area contributed by atoms with Crippen LogP contribution in [0.5, 0.6) is 0 Å². The third-order valence-electron chi connectivity index (χ3n) is 3.57. The van der Waals surface area contributed by atoms with Crippen LogP contribution < -0.4 is 10.6 Å². The molecule has 1 atom stereocenters. The Morgan fingerprint density at radius 2 is 2.15 bits per heavy atom. The van der Waals surface area contributed by atoms with Crippen molar-refractivity contribution in [2.75, 3.05) is 13.1 Å². The van der Waals surface area contributed by atoms with Gasteiger partial charge in [-0.1, -0.05) is 0 Å². The van der Waals surface area contributed by atoms with Crippen LogP contribution in [0.4, 0.5) is 4.79 Å². The van der Waals surface area contributed by atoms with Crippen molar-refractivity contribution in [3.05, 3.63) is 12.4 Å². The number of hydrogen-bond donors (Lipinski definition) is 2. The summed E-state index contributed by atoms with van der Waals surface area (Å²) in [5.41, 5.74) is -1.15. The molecule has 1 aromatic heterocycles. The lowest BCUT2D eigenvalue weighted by atomic mass is 10.00. The number of sulfonamides is 1. The molecule has 0 bridgehead atoms. The number of carbonyl (C=O) groups is 2. The highest BCUT2D eigenvalue weighted by molar-refractivity contribution is 7.89. The molecule has 2 fully saturated rings. The summed E-state index contributed by atoms with van der Waals surface area (Å²) in [6.45, 7) is 0.104. The van der Waals surface area contributed by atoms with Crippen molar-refractivity contribution in [3.63, 3.8) is 0 Å². The van der Waals surface area contributed by atoms with Gasteiger partial charge in [-0.2, -0.15) is 9.40 Å². The van der Waals surface area contributed by atoms with E-state index < -0.39 is 27.5 Å². The molecule has 2 aliphatic heterocycles. The Morgan fingerprint density at radius 1 is 1.40 bits per heavy atom. The Bertz CT molecular complexity index is 696. The van der Waals surface area contributed by atoms with Crippen molar-refractivity contribution in [3.8, 4) is 0 Å². The molecule has 3 amide bonds. The quantitative estimate of drug-likeness (QED) is 0.638. The van der Waals surface area contributed by atoms with Gasteiger partial charge in [0.05, 0.1) is 6.20 Å². The number of amides is 3. The molecule has 3 rings (SSSR count). The van der Waals surface area contributed by atoms with Crippen LogP contribution in [0.3, 0.4) is 0 Å². The van der Waals surface area contributed by atoms with Crippen molar-refractivity contribution >= 4 is 22.0 Å². The Hall–Kier alpha value is -1.94. The number of carbonyl (C=O) groups excluding carboxylic acids is 2. The fraction of sp³-hybridized carbons (Fsp3) is 0.500. The summed E-state index contributed by atoms with van der Waals surface area (Å²) >= 11 is 0. The Kier molecular flexibility index (Phi) is 2.63. The van der Waals surface area contributed by atoms with Crippen molar-refractivity contribution in [2.45, 2.75) is 16.9 Å². The Balaban J connectivity index is 1.87. The normalized spacial score (nSPS) is 27.1. The molecule has 0 radical (unpaired) electrons. The van der Waals surface area contributed by atoms with Gasteiger partial charge in [-0.3, -0.25) is 14.8 Å². The Labute approximate surface area is 115 Å². The van der Waals surface area contributed by atoms with E-state index in [4.69, 9.17) is 0 Å². The molecule has 20 heavy (non-hydrogen) atoms. The number of imide groups is 1. The maximum Gasteiger partial charge on any atom is 0.322 e. The Morgan fingerprint density at radius 3 is 2.70 bits per heavy atom. The summed E-state index contributed by atoms with van der Waals surface area (Å²) in [5.74, 6) is -0.480. The first-order valence-electron chi connectivity index (χ1n) is 5.96. The van der Waals surface area contributed by atoms with E-state index in [1.54, 1.807) is 7.05 Å². The number of urea groups is 1. The van der Waals surface area contributed by atoms with Gasteiger partial charge < -0.3 is 5.32 Å². The average Bonchev–Trinajstić information content (AvgIpc) is 3.02. The van der Waals surface area contributed by atoms with E-state index in [-0.39, 0.29) is 24.4 Å². The number of nitrogens with one attached hydrogen (secondary N) is 2. The number of aromatic nitrogens is 2. The van der Waals surface area contributed by atoms with Gasteiger partial charge in [0, 0.05) is 26.3 Å². The number of hydrogen-bond acceptors (Lipinski definition) is 5. The maximum absolute atomic E-state index is 12.4. The first-order valence-corrected chi connectivity index (χ1v) is 7.40. The van der Waals surface area contributed by atoms with Gasteiger partial charge in [-0.05, 0) is 6.42 Å². The maximum atomic E-state index is 12.4. The molecule has 2 saturated heterocycles. The second-order valence-electron chi connectivity index (χ2n) is 4.93. The highest BCUT2D eigenvalue weighted by atomic mass is 32.2. The molecule has 0 saturated carbocycles. The summed E-state index contributed by atoms with van der Waals surface area (Å²) in [4.78, 5) is 23.1. The van der Waals surface area contributed by atoms with Gasteiger partial charge in [-0.15, -0.1) is 0 Å². The molecule has 2 N–H and O–H groups in total. The molecule has 9 nitrogen and oxygen atoms in total. The minimum atomic E-state index is -3.70. The van der Waals surface area contributed by atoms with E-state index in [9.17, 15) is 18.0 Å². The smallest absolute Gasteiger partial charge is 0.322 e. The monoisotopic (exact) mass is 299 g/mol. The van der Waals surface area contributed by atoms with Crippen LogP contribution >= 0.6 is 0 Å². The van der Waals surface area contributed by atoms with Crippen molar-refractivity contribution in [1.29, 1.82) is 0 Å². The van der Waals surface area contributed by atoms with Crippen LogP contribution in [0.25, 0.3) is 0 Å². The lowest BCUT2D eigenvalue weighted by molar-refractivity contribution is -0.123. The van der Waals surface area contributed by atoms with E-state index in [0.29, 0.717) is 0 Å². The van der Waals surface area contributed by atoms with Crippen molar-refractivity contribution in [1.82, 2.24) is 24.7 Å².